The van der Waals surface area contributed by atoms with E-state index in [1.807, 2.05) is 0 Å². The number of hydrogen-bond acceptors (Lipinski definition) is 1. The van der Waals surface area contributed by atoms with Crippen molar-refractivity contribution in [1.29, 1.82) is 0 Å². The van der Waals surface area contributed by atoms with Gasteiger partial charge < -0.3 is 5.11 Å². The van der Waals surface area contributed by atoms with Gasteiger partial charge in [-0.15, -0.1) is 0 Å². The molecule has 3 atom stereocenters. The van der Waals surface area contributed by atoms with E-state index in [0.717, 1.165) is 11.8 Å². The molecule has 2 saturated carbocycles. The lowest BCUT2D eigenvalue weighted by Crippen LogP contribution is -2.11. The Morgan fingerprint density at radius 2 is 2.00 bits per heavy atom. The van der Waals surface area contributed by atoms with E-state index in [1.165, 1.54) is 25.7 Å². The summed E-state index contributed by atoms with van der Waals surface area (Å²) in [6, 6.07) is 0. The Hall–Kier alpha value is -0.0400. The highest BCUT2D eigenvalue weighted by Crippen LogP contribution is 2.51. The Morgan fingerprint density at radius 3 is 2.67 bits per heavy atom. The van der Waals surface area contributed by atoms with Gasteiger partial charge in [-0.2, -0.15) is 0 Å². The summed E-state index contributed by atoms with van der Waals surface area (Å²) in [5.74, 6) is 2.76. The molecule has 2 fully saturated rings. The first-order chi connectivity index (χ1) is 4.40. The van der Waals surface area contributed by atoms with E-state index in [0.29, 0.717) is 12.5 Å². The second kappa shape index (κ2) is 1.98. The summed E-state index contributed by atoms with van der Waals surface area (Å²) in [5.41, 5.74) is 0. The Labute approximate surface area is 56.1 Å². The van der Waals surface area contributed by atoms with Crippen LogP contribution in [-0.4, -0.2) is 11.7 Å². The van der Waals surface area contributed by atoms with Crippen LogP contribution in [0.25, 0.3) is 0 Å². The molecule has 0 spiro atoms. The lowest BCUT2D eigenvalue weighted by atomic mass is 9.90. The minimum atomic E-state index is 0.434. The summed E-state index contributed by atoms with van der Waals surface area (Å²) in [6.07, 6.45) is 5.48. The van der Waals surface area contributed by atoms with Crippen molar-refractivity contribution in [1.82, 2.24) is 0 Å². The molecule has 0 amide bonds. The molecule has 1 N–H and O–H groups in total. The fourth-order valence-electron chi connectivity index (χ4n) is 2.11. The quantitative estimate of drug-likeness (QED) is 0.563. The van der Waals surface area contributed by atoms with E-state index in [9.17, 15) is 0 Å². The van der Waals surface area contributed by atoms with Crippen LogP contribution in [0, 0.1) is 17.8 Å². The van der Waals surface area contributed by atoms with Gasteiger partial charge >= 0.3 is 0 Å². The number of aliphatic hydroxyl groups is 1. The van der Waals surface area contributed by atoms with Crippen molar-refractivity contribution in [2.75, 3.05) is 6.61 Å². The van der Waals surface area contributed by atoms with E-state index in [-0.39, 0.29) is 0 Å². The Bertz CT molecular complexity index is 111. The van der Waals surface area contributed by atoms with Crippen molar-refractivity contribution >= 4 is 0 Å². The molecule has 1 heteroatoms. The van der Waals surface area contributed by atoms with Crippen LogP contribution >= 0.6 is 0 Å². The number of aliphatic hydroxyl groups excluding tert-OH is 1. The molecule has 1 unspecified atom stereocenters. The van der Waals surface area contributed by atoms with Crippen LogP contribution in [-0.2, 0) is 0 Å². The van der Waals surface area contributed by atoms with Gasteiger partial charge in [-0.25, -0.2) is 0 Å². The minimum absolute atomic E-state index is 0.434. The first-order valence-corrected chi connectivity index (χ1v) is 4.01. The molecule has 2 aliphatic rings. The lowest BCUT2D eigenvalue weighted by Gasteiger charge is -2.17. The lowest BCUT2D eigenvalue weighted by molar-refractivity contribution is 0.185. The predicted octanol–water partition coefficient (Wildman–Crippen LogP) is 1.41. The summed E-state index contributed by atoms with van der Waals surface area (Å²) in [7, 11) is 0. The molecule has 0 heterocycles. The zero-order valence-electron chi connectivity index (χ0n) is 5.71. The van der Waals surface area contributed by atoms with Crippen molar-refractivity contribution in [3.8, 4) is 0 Å². The van der Waals surface area contributed by atoms with Crippen LogP contribution in [0.4, 0.5) is 0 Å². The normalized spacial score (nSPS) is 48.3. The Kier molecular flexibility index (Phi) is 1.26. The molecule has 0 aliphatic heterocycles. The molecule has 0 saturated heterocycles. The summed E-state index contributed by atoms with van der Waals surface area (Å²) < 4.78 is 0. The molecule has 0 aromatic heterocycles. The third kappa shape index (κ3) is 0.983. The third-order valence-corrected chi connectivity index (χ3v) is 2.91. The van der Waals surface area contributed by atoms with Gasteiger partial charge in [0, 0.05) is 6.61 Å². The van der Waals surface area contributed by atoms with Crippen LogP contribution in [0.1, 0.15) is 25.7 Å². The highest BCUT2D eigenvalue weighted by Gasteiger charge is 2.41. The molecule has 1 nitrogen and oxygen atoms in total. The Morgan fingerprint density at radius 1 is 1.11 bits per heavy atom. The molecule has 9 heavy (non-hydrogen) atoms. The molecule has 0 aromatic rings. The molecule has 52 valence electrons. The van der Waals surface area contributed by atoms with Crippen molar-refractivity contribution in [3.05, 3.63) is 0 Å². The van der Waals surface area contributed by atoms with Gasteiger partial charge in [0.15, 0.2) is 0 Å². The van der Waals surface area contributed by atoms with Gasteiger partial charge in [-0.3, -0.25) is 0 Å². The zero-order chi connectivity index (χ0) is 6.27. The van der Waals surface area contributed by atoms with Crippen LogP contribution < -0.4 is 0 Å². The van der Waals surface area contributed by atoms with Crippen molar-refractivity contribution in [2.45, 2.75) is 25.7 Å². The molecule has 0 bridgehead atoms. The molecule has 0 aromatic carbocycles. The van der Waals surface area contributed by atoms with E-state index in [2.05, 4.69) is 0 Å². The molecule has 2 aliphatic carbocycles. The summed E-state index contributed by atoms with van der Waals surface area (Å²) >= 11 is 0. The maximum atomic E-state index is 8.83. The molecular weight excluding hydrogens is 112 g/mol. The third-order valence-electron chi connectivity index (χ3n) is 2.91. The summed E-state index contributed by atoms with van der Waals surface area (Å²) in [4.78, 5) is 0. The summed E-state index contributed by atoms with van der Waals surface area (Å²) in [5, 5.41) is 8.83. The first-order valence-electron chi connectivity index (χ1n) is 4.01. The second-order valence-corrected chi connectivity index (χ2v) is 3.62. The number of rotatable bonds is 1. The van der Waals surface area contributed by atoms with Gasteiger partial charge in [0.05, 0.1) is 0 Å². The average molecular weight is 126 g/mol. The van der Waals surface area contributed by atoms with E-state index in [1.54, 1.807) is 0 Å². The monoisotopic (exact) mass is 126 g/mol. The summed E-state index contributed by atoms with van der Waals surface area (Å²) in [6.45, 7) is 0.434. The van der Waals surface area contributed by atoms with Gasteiger partial charge in [-0.05, 0) is 43.4 Å². The maximum absolute atomic E-state index is 8.83. The average Bonchev–Trinajstić information content (AvgIpc) is 2.64. The van der Waals surface area contributed by atoms with Gasteiger partial charge in [0.25, 0.3) is 0 Å². The molecule has 2 rings (SSSR count). The van der Waals surface area contributed by atoms with Crippen LogP contribution in [0.2, 0.25) is 0 Å². The smallest absolute Gasteiger partial charge is 0.0459 e. The van der Waals surface area contributed by atoms with Crippen LogP contribution in [0.3, 0.4) is 0 Å². The predicted molar refractivity (Wildman–Crippen MR) is 36.0 cm³/mol. The van der Waals surface area contributed by atoms with E-state index >= 15 is 0 Å². The second-order valence-electron chi connectivity index (χ2n) is 3.62. The standard InChI is InChI=1S/C8H14O/c9-5-6-1-2-7-4-8(7)3-6/h6-9H,1-5H2/t6?,7-,8+/m0/s1. The fourth-order valence-corrected chi connectivity index (χ4v) is 2.11. The molecule has 0 radical (unpaired) electrons. The topological polar surface area (TPSA) is 20.2 Å². The van der Waals surface area contributed by atoms with E-state index < -0.39 is 0 Å². The van der Waals surface area contributed by atoms with Crippen molar-refractivity contribution < 1.29 is 5.11 Å². The van der Waals surface area contributed by atoms with Crippen molar-refractivity contribution in [2.24, 2.45) is 17.8 Å². The zero-order valence-corrected chi connectivity index (χ0v) is 5.71. The largest absolute Gasteiger partial charge is 0.396 e. The number of hydrogen-bond donors (Lipinski definition) is 1. The van der Waals surface area contributed by atoms with Gasteiger partial charge in [0.1, 0.15) is 0 Å². The first kappa shape index (κ1) is 5.72. The maximum Gasteiger partial charge on any atom is 0.0459 e. The minimum Gasteiger partial charge on any atom is -0.396 e. The Balaban J connectivity index is 1.86. The van der Waals surface area contributed by atoms with Crippen LogP contribution in [0.5, 0.6) is 0 Å². The fraction of sp³-hybridized carbons (Fsp3) is 1.00. The molecular formula is C8H14O. The highest BCUT2D eigenvalue weighted by atomic mass is 16.3. The SMILES string of the molecule is OCC1CC[C@H]2C[C@H]2C1. The van der Waals surface area contributed by atoms with E-state index in [4.69, 9.17) is 5.11 Å². The number of fused-ring (bicyclic) bond motifs is 1. The highest BCUT2D eigenvalue weighted by molar-refractivity contribution is 4.91. The van der Waals surface area contributed by atoms with Gasteiger partial charge in [0.2, 0.25) is 0 Å². The van der Waals surface area contributed by atoms with Crippen molar-refractivity contribution in [3.63, 3.8) is 0 Å². The van der Waals surface area contributed by atoms with Crippen LogP contribution in [0.15, 0.2) is 0 Å². The van der Waals surface area contributed by atoms with Gasteiger partial charge in [-0.1, -0.05) is 0 Å².